The van der Waals surface area contributed by atoms with Gasteiger partial charge >= 0.3 is 0 Å². The van der Waals surface area contributed by atoms with E-state index in [-0.39, 0.29) is 48.1 Å². The summed E-state index contributed by atoms with van der Waals surface area (Å²) in [6, 6.07) is 0. The van der Waals surface area contributed by atoms with Crippen LogP contribution in [0.3, 0.4) is 0 Å². The topological polar surface area (TPSA) is 118 Å². The van der Waals surface area contributed by atoms with Crippen molar-refractivity contribution in [1.29, 1.82) is 0 Å². The van der Waals surface area contributed by atoms with Crippen LogP contribution in [0.15, 0.2) is 50.6 Å². The molecule has 0 aromatic carbocycles. The number of aliphatic hydroxyl groups is 4. The Morgan fingerprint density at radius 2 is 0.610 bits per heavy atom. The van der Waals surface area contributed by atoms with E-state index < -0.39 is 0 Å². The van der Waals surface area contributed by atoms with Gasteiger partial charge in [0.25, 0.3) is 0 Å². The molecule has 0 aliphatic heterocycles. The molecule has 0 spiro atoms. The first-order chi connectivity index (χ1) is 19.4. The first kappa shape index (κ1) is 50.0. The minimum atomic E-state index is 0. The van der Waals surface area contributed by atoms with Crippen molar-refractivity contribution in [1.82, 2.24) is 0 Å². The molecule has 0 aromatic rings. The van der Waals surface area contributed by atoms with Gasteiger partial charge in [-0.15, -0.1) is 26.3 Å². The van der Waals surface area contributed by atoms with E-state index in [1.807, 2.05) is 27.7 Å². The zero-order chi connectivity index (χ0) is 31.3. The predicted molar refractivity (Wildman–Crippen MR) is 168 cm³/mol. The summed E-state index contributed by atoms with van der Waals surface area (Å²) in [5, 5.41) is 34.9. The average Bonchev–Trinajstić information content (AvgIpc) is 2.99. The standard InChI is InChI=1S/4C8H16O2.Ti/c4*1-3-5-10-7-8(4-2)6-9;/h4*3,8-9H,1,4-7H2,2H3;. The molecule has 0 saturated heterocycles. The van der Waals surface area contributed by atoms with Crippen LogP contribution in [0.1, 0.15) is 53.4 Å². The van der Waals surface area contributed by atoms with Gasteiger partial charge in [-0.05, 0) is 25.7 Å². The maximum absolute atomic E-state index is 8.72. The van der Waals surface area contributed by atoms with Crippen molar-refractivity contribution in [3.63, 3.8) is 0 Å². The third-order valence-corrected chi connectivity index (χ3v) is 5.70. The molecule has 0 aromatic heterocycles. The van der Waals surface area contributed by atoms with Crippen LogP contribution in [0.2, 0.25) is 0 Å². The monoisotopic (exact) mass is 624 g/mol. The second-order valence-electron chi connectivity index (χ2n) is 9.13. The predicted octanol–water partition coefficient (Wildman–Crippen LogP) is 4.83. The largest absolute Gasteiger partial charge is 0.396 e. The second kappa shape index (κ2) is 46.3. The third kappa shape index (κ3) is 43.9. The fourth-order valence-corrected chi connectivity index (χ4v) is 2.47. The van der Waals surface area contributed by atoms with E-state index in [1.165, 1.54) is 0 Å². The molecule has 41 heavy (non-hydrogen) atoms. The molecule has 0 amide bonds. The van der Waals surface area contributed by atoms with E-state index in [0.29, 0.717) is 76.5 Å². The zero-order valence-electron chi connectivity index (χ0n) is 26.7. The summed E-state index contributed by atoms with van der Waals surface area (Å²) in [6.45, 7) is 28.0. The Morgan fingerprint density at radius 3 is 0.707 bits per heavy atom. The molecule has 0 aliphatic rings. The Bertz CT molecular complexity index is 404. The van der Waals surface area contributed by atoms with Gasteiger partial charge in [-0.25, -0.2) is 0 Å². The molecular weight excluding hydrogens is 560 g/mol. The van der Waals surface area contributed by atoms with Crippen LogP contribution in [0.5, 0.6) is 0 Å². The van der Waals surface area contributed by atoms with Crippen molar-refractivity contribution >= 4 is 0 Å². The van der Waals surface area contributed by atoms with Gasteiger partial charge in [0, 0.05) is 71.8 Å². The van der Waals surface area contributed by atoms with Gasteiger partial charge in [0.15, 0.2) is 0 Å². The number of aliphatic hydroxyl groups excluding tert-OH is 4. The third-order valence-electron chi connectivity index (χ3n) is 5.70. The van der Waals surface area contributed by atoms with E-state index >= 15 is 0 Å². The van der Waals surface area contributed by atoms with Crippen LogP contribution < -0.4 is 0 Å². The number of hydrogen-bond donors (Lipinski definition) is 4. The summed E-state index contributed by atoms with van der Waals surface area (Å²) in [4.78, 5) is 0. The zero-order valence-corrected chi connectivity index (χ0v) is 28.2. The molecule has 4 unspecified atom stereocenters. The molecule has 0 rings (SSSR count). The minimum Gasteiger partial charge on any atom is -0.396 e. The summed E-state index contributed by atoms with van der Waals surface area (Å²) in [5.74, 6) is 1.17. The van der Waals surface area contributed by atoms with Crippen molar-refractivity contribution < 1.29 is 61.1 Å². The van der Waals surface area contributed by atoms with Crippen LogP contribution in [-0.4, -0.2) is 99.7 Å². The van der Waals surface area contributed by atoms with Crippen LogP contribution in [0.4, 0.5) is 0 Å². The fourth-order valence-electron chi connectivity index (χ4n) is 2.47. The Morgan fingerprint density at radius 1 is 0.439 bits per heavy atom. The minimum absolute atomic E-state index is 0. The maximum Gasteiger partial charge on any atom is 0.0644 e. The molecule has 4 N–H and O–H groups in total. The molecule has 244 valence electrons. The van der Waals surface area contributed by atoms with Crippen molar-refractivity contribution in [3.8, 4) is 0 Å². The van der Waals surface area contributed by atoms with E-state index in [4.69, 9.17) is 39.4 Å². The SMILES string of the molecule is C=CCOCC(CC)CO.C=CCOCC(CC)CO.C=CCOCC(CC)CO.C=CCOCC(CC)CO.[Ti]. The van der Waals surface area contributed by atoms with E-state index in [0.717, 1.165) is 25.7 Å². The quantitative estimate of drug-likeness (QED) is 0.0686. The smallest absolute Gasteiger partial charge is 0.0644 e. The molecule has 0 bridgehead atoms. The summed E-state index contributed by atoms with van der Waals surface area (Å²) in [5.41, 5.74) is 0. The van der Waals surface area contributed by atoms with E-state index in [2.05, 4.69) is 26.3 Å². The van der Waals surface area contributed by atoms with Gasteiger partial charge in [-0.3, -0.25) is 0 Å². The van der Waals surface area contributed by atoms with Crippen LogP contribution in [0, 0.1) is 23.7 Å². The van der Waals surface area contributed by atoms with E-state index in [1.54, 1.807) is 24.3 Å². The molecule has 0 heterocycles. The summed E-state index contributed by atoms with van der Waals surface area (Å²) in [6.07, 6.45) is 10.7. The van der Waals surface area contributed by atoms with Gasteiger partial charge in [0.1, 0.15) is 0 Å². The molecular formula is C32H64O8Ti. The van der Waals surface area contributed by atoms with Gasteiger partial charge < -0.3 is 39.4 Å². The molecule has 0 aliphatic carbocycles. The fraction of sp³-hybridized carbons (Fsp3) is 0.750. The maximum atomic E-state index is 8.72. The van der Waals surface area contributed by atoms with Gasteiger partial charge in [-0.1, -0.05) is 52.0 Å². The average molecular weight is 625 g/mol. The van der Waals surface area contributed by atoms with E-state index in [9.17, 15) is 0 Å². The molecule has 0 radical (unpaired) electrons. The molecule has 8 nitrogen and oxygen atoms in total. The molecule has 9 heteroatoms. The number of ether oxygens (including phenoxy) is 4. The van der Waals surface area contributed by atoms with Crippen molar-refractivity contribution in [2.24, 2.45) is 23.7 Å². The summed E-state index contributed by atoms with van der Waals surface area (Å²) >= 11 is 0. The first-order valence-corrected chi connectivity index (χ1v) is 14.6. The van der Waals surface area contributed by atoms with Crippen molar-refractivity contribution in [2.75, 3.05) is 79.3 Å². The Labute approximate surface area is 267 Å². The second-order valence-corrected chi connectivity index (χ2v) is 9.13. The number of rotatable bonds is 24. The van der Waals surface area contributed by atoms with Gasteiger partial charge in [0.2, 0.25) is 0 Å². The van der Waals surface area contributed by atoms with Crippen LogP contribution >= 0.6 is 0 Å². The summed E-state index contributed by atoms with van der Waals surface area (Å²) < 4.78 is 20.6. The first-order valence-electron chi connectivity index (χ1n) is 14.6. The normalized spacial score (nSPS) is 12.7. The van der Waals surface area contributed by atoms with Crippen LogP contribution in [0.25, 0.3) is 0 Å². The molecule has 0 saturated carbocycles. The van der Waals surface area contributed by atoms with Crippen molar-refractivity contribution in [2.45, 2.75) is 53.4 Å². The van der Waals surface area contributed by atoms with Crippen molar-refractivity contribution in [3.05, 3.63) is 50.6 Å². The summed E-state index contributed by atoms with van der Waals surface area (Å²) in [7, 11) is 0. The van der Waals surface area contributed by atoms with Gasteiger partial charge in [-0.2, -0.15) is 0 Å². The number of hydrogen-bond acceptors (Lipinski definition) is 8. The van der Waals surface area contributed by atoms with Gasteiger partial charge in [0.05, 0.1) is 52.9 Å². The Kier molecular flexibility index (Phi) is 56.5. The Hall–Kier alpha value is -0.646. The Balaban J connectivity index is -0.000000139. The van der Waals surface area contributed by atoms with Crippen LogP contribution in [-0.2, 0) is 40.7 Å². The molecule has 0 fully saturated rings. The molecule has 4 atom stereocenters.